The standard InChI is InChI=1S/C25H31Cl2N3O/c26-23-9-4-10-24(27)22(23)18-30-13-5-8-21(17-30)25(31)28-15-19-6-3-7-20(14-19)16-29-11-1-2-12-29/h3-4,6-7,9-10,14,21H,1-2,5,8,11-13,15-18H2,(H,28,31). The zero-order chi connectivity index (χ0) is 21.6. The summed E-state index contributed by atoms with van der Waals surface area (Å²) in [6.07, 6.45) is 4.53. The van der Waals surface area contributed by atoms with Crippen LogP contribution in [0, 0.1) is 5.92 Å². The monoisotopic (exact) mass is 459 g/mol. The van der Waals surface area contributed by atoms with Gasteiger partial charge in [0.05, 0.1) is 5.92 Å². The summed E-state index contributed by atoms with van der Waals surface area (Å²) in [6, 6.07) is 14.2. The first-order chi connectivity index (χ1) is 15.1. The highest BCUT2D eigenvalue weighted by molar-refractivity contribution is 6.35. The first kappa shape index (κ1) is 22.6. The molecular weight excluding hydrogens is 429 g/mol. The van der Waals surface area contributed by atoms with E-state index < -0.39 is 0 Å². The molecule has 2 aromatic rings. The summed E-state index contributed by atoms with van der Waals surface area (Å²) in [5.74, 6) is 0.141. The van der Waals surface area contributed by atoms with Gasteiger partial charge in [-0.1, -0.05) is 53.5 Å². The van der Waals surface area contributed by atoms with E-state index in [1.54, 1.807) is 0 Å². The maximum atomic E-state index is 12.9. The Hall–Kier alpha value is -1.59. The Bertz CT molecular complexity index is 878. The average molecular weight is 460 g/mol. The second kappa shape index (κ2) is 10.8. The molecule has 1 atom stereocenters. The van der Waals surface area contributed by atoms with Gasteiger partial charge in [-0.25, -0.2) is 0 Å². The molecule has 2 aromatic carbocycles. The quantitative estimate of drug-likeness (QED) is 0.623. The van der Waals surface area contributed by atoms with Crippen molar-refractivity contribution in [1.29, 1.82) is 0 Å². The minimum absolute atomic E-state index is 0.00259. The molecule has 2 aliphatic heterocycles. The lowest BCUT2D eigenvalue weighted by atomic mass is 9.96. The summed E-state index contributed by atoms with van der Waals surface area (Å²) in [6.45, 7) is 6.35. The summed E-state index contributed by atoms with van der Waals surface area (Å²) in [5, 5.41) is 4.54. The van der Waals surface area contributed by atoms with Gasteiger partial charge in [-0.15, -0.1) is 0 Å². The minimum atomic E-state index is 0.00259. The number of carbonyl (C=O) groups is 1. The lowest BCUT2D eigenvalue weighted by Crippen LogP contribution is -2.42. The zero-order valence-electron chi connectivity index (χ0n) is 18.0. The van der Waals surface area contributed by atoms with E-state index in [1.807, 2.05) is 18.2 Å². The molecule has 0 aliphatic carbocycles. The first-order valence-corrected chi connectivity index (χ1v) is 12.1. The van der Waals surface area contributed by atoms with Crippen molar-refractivity contribution >= 4 is 29.1 Å². The molecular formula is C25H31Cl2N3O. The van der Waals surface area contributed by atoms with Gasteiger partial charge in [0.1, 0.15) is 0 Å². The van der Waals surface area contributed by atoms with Gasteiger partial charge >= 0.3 is 0 Å². The smallest absolute Gasteiger partial charge is 0.224 e. The van der Waals surface area contributed by atoms with Gasteiger partial charge in [-0.2, -0.15) is 0 Å². The highest BCUT2D eigenvalue weighted by Crippen LogP contribution is 2.28. The van der Waals surface area contributed by atoms with Gasteiger partial charge in [-0.05, 0) is 68.6 Å². The van der Waals surface area contributed by atoms with Crippen LogP contribution in [0.25, 0.3) is 0 Å². The second-order valence-electron chi connectivity index (χ2n) is 8.80. The molecule has 0 aromatic heterocycles. The highest BCUT2D eigenvalue weighted by atomic mass is 35.5. The van der Waals surface area contributed by atoms with Crippen LogP contribution in [0.4, 0.5) is 0 Å². The van der Waals surface area contributed by atoms with Crippen molar-refractivity contribution in [2.24, 2.45) is 5.92 Å². The third-order valence-corrected chi connectivity index (χ3v) is 7.09. The molecule has 31 heavy (non-hydrogen) atoms. The van der Waals surface area contributed by atoms with E-state index in [0.29, 0.717) is 23.1 Å². The third-order valence-electron chi connectivity index (χ3n) is 6.38. The average Bonchev–Trinajstić information content (AvgIpc) is 3.28. The van der Waals surface area contributed by atoms with E-state index in [4.69, 9.17) is 23.2 Å². The summed E-state index contributed by atoms with van der Waals surface area (Å²) in [5.41, 5.74) is 3.44. The molecule has 0 radical (unpaired) electrons. The molecule has 2 fully saturated rings. The molecule has 2 saturated heterocycles. The molecule has 4 rings (SSSR count). The number of amides is 1. The number of nitrogens with one attached hydrogen (secondary N) is 1. The number of carbonyl (C=O) groups excluding carboxylic acids is 1. The van der Waals surface area contributed by atoms with Crippen molar-refractivity contribution < 1.29 is 4.79 Å². The molecule has 4 nitrogen and oxygen atoms in total. The van der Waals surface area contributed by atoms with E-state index >= 15 is 0 Å². The molecule has 0 spiro atoms. The fraction of sp³-hybridized carbons (Fsp3) is 0.480. The molecule has 1 unspecified atom stereocenters. The maximum absolute atomic E-state index is 12.9. The Kier molecular flexibility index (Phi) is 7.89. The number of hydrogen-bond donors (Lipinski definition) is 1. The SMILES string of the molecule is O=C(NCc1cccc(CN2CCCC2)c1)C1CCCN(Cc2c(Cl)cccc2Cl)C1. The summed E-state index contributed by atoms with van der Waals surface area (Å²) in [4.78, 5) is 17.7. The molecule has 2 heterocycles. The van der Waals surface area contributed by atoms with Crippen molar-refractivity contribution in [3.63, 3.8) is 0 Å². The Labute approximate surface area is 195 Å². The zero-order valence-corrected chi connectivity index (χ0v) is 19.5. The number of rotatable bonds is 7. The molecule has 1 N–H and O–H groups in total. The maximum Gasteiger partial charge on any atom is 0.224 e. The molecule has 6 heteroatoms. The van der Waals surface area contributed by atoms with E-state index in [9.17, 15) is 4.79 Å². The van der Waals surface area contributed by atoms with Crippen LogP contribution in [0.3, 0.4) is 0 Å². The molecule has 0 saturated carbocycles. The Morgan fingerprint density at radius 2 is 1.58 bits per heavy atom. The van der Waals surface area contributed by atoms with Gasteiger partial charge < -0.3 is 5.32 Å². The van der Waals surface area contributed by atoms with Crippen LogP contribution in [0.1, 0.15) is 42.4 Å². The number of nitrogens with zero attached hydrogens (tertiary/aromatic N) is 2. The fourth-order valence-corrected chi connectivity index (χ4v) is 5.21. The number of halogens is 2. The minimum Gasteiger partial charge on any atom is -0.352 e. The first-order valence-electron chi connectivity index (χ1n) is 11.3. The van der Waals surface area contributed by atoms with Crippen LogP contribution in [0.2, 0.25) is 10.0 Å². The number of likely N-dealkylation sites (tertiary alicyclic amines) is 2. The number of benzene rings is 2. The van der Waals surface area contributed by atoms with Crippen molar-refractivity contribution in [2.45, 2.75) is 45.3 Å². The predicted octanol–water partition coefficient (Wildman–Crippen LogP) is 5.12. The largest absolute Gasteiger partial charge is 0.352 e. The van der Waals surface area contributed by atoms with E-state index in [2.05, 4.69) is 39.4 Å². The molecule has 1 amide bonds. The van der Waals surface area contributed by atoms with Crippen LogP contribution < -0.4 is 5.32 Å². The summed E-state index contributed by atoms with van der Waals surface area (Å²) in [7, 11) is 0. The van der Waals surface area contributed by atoms with Crippen LogP contribution >= 0.6 is 23.2 Å². The van der Waals surface area contributed by atoms with Gasteiger partial charge in [0.2, 0.25) is 5.91 Å². The number of piperidine rings is 1. The highest BCUT2D eigenvalue weighted by Gasteiger charge is 2.26. The molecule has 0 bridgehead atoms. The fourth-order valence-electron chi connectivity index (χ4n) is 4.69. The van der Waals surface area contributed by atoms with Crippen LogP contribution in [0.5, 0.6) is 0 Å². The summed E-state index contributed by atoms with van der Waals surface area (Å²) >= 11 is 12.7. The van der Waals surface area contributed by atoms with Crippen molar-refractivity contribution in [2.75, 3.05) is 26.2 Å². The van der Waals surface area contributed by atoms with Gasteiger partial charge in [-0.3, -0.25) is 14.6 Å². The predicted molar refractivity (Wildman–Crippen MR) is 127 cm³/mol. The Morgan fingerprint density at radius 3 is 2.35 bits per heavy atom. The molecule has 2 aliphatic rings. The van der Waals surface area contributed by atoms with Crippen molar-refractivity contribution in [3.8, 4) is 0 Å². The van der Waals surface area contributed by atoms with Crippen molar-refractivity contribution in [3.05, 3.63) is 69.2 Å². The van der Waals surface area contributed by atoms with Crippen LogP contribution in [-0.4, -0.2) is 41.9 Å². The molecule has 166 valence electrons. The van der Waals surface area contributed by atoms with E-state index in [0.717, 1.165) is 38.0 Å². The van der Waals surface area contributed by atoms with Crippen LogP contribution in [0.15, 0.2) is 42.5 Å². The Balaban J connectivity index is 1.29. The topological polar surface area (TPSA) is 35.6 Å². The van der Waals surface area contributed by atoms with Gasteiger partial charge in [0.15, 0.2) is 0 Å². The summed E-state index contributed by atoms with van der Waals surface area (Å²) < 4.78 is 0. The Morgan fingerprint density at radius 1 is 0.903 bits per heavy atom. The van der Waals surface area contributed by atoms with Gasteiger partial charge in [0.25, 0.3) is 0 Å². The van der Waals surface area contributed by atoms with E-state index in [1.165, 1.54) is 37.1 Å². The van der Waals surface area contributed by atoms with Crippen LogP contribution in [-0.2, 0) is 24.4 Å². The third kappa shape index (κ3) is 6.23. The normalized spacial score (nSPS) is 20.1. The van der Waals surface area contributed by atoms with Gasteiger partial charge in [0, 0.05) is 41.8 Å². The second-order valence-corrected chi connectivity index (χ2v) is 9.61. The van der Waals surface area contributed by atoms with Crippen molar-refractivity contribution in [1.82, 2.24) is 15.1 Å². The number of hydrogen-bond acceptors (Lipinski definition) is 3. The lowest BCUT2D eigenvalue weighted by molar-refractivity contribution is -0.126. The lowest BCUT2D eigenvalue weighted by Gasteiger charge is -2.32. The van der Waals surface area contributed by atoms with E-state index in [-0.39, 0.29) is 11.8 Å².